The summed E-state index contributed by atoms with van der Waals surface area (Å²) in [5, 5.41) is 0. The number of isocyanates is 1. The fourth-order valence-corrected chi connectivity index (χ4v) is 2.18. The van der Waals surface area contributed by atoms with Crippen LogP contribution < -0.4 is 0 Å². The van der Waals surface area contributed by atoms with Gasteiger partial charge in [0.25, 0.3) is 10.1 Å². The Morgan fingerprint density at radius 2 is 2.07 bits per heavy atom. The molecular weight excluding hydrogens is 218 g/mol. The van der Waals surface area contributed by atoms with Crippen molar-refractivity contribution < 1.29 is 17.4 Å². The zero-order valence-electron chi connectivity index (χ0n) is 8.22. The topological polar surface area (TPSA) is 72.8 Å². The molecule has 0 atom stereocenters. The van der Waals surface area contributed by atoms with Gasteiger partial charge in [0.1, 0.15) is 4.90 Å². The minimum atomic E-state index is -3.85. The predicted molar refractivity (Wildman–Crippen MR) is 53.2 cm³/mol. The smallest absolute Gasteiger partial charge is 0.270 e. The highest BCUT2D eigenvalue weighted by Gasteiger charge is 2.20. The zero-order chi connectivity index (χ0) is 11.5. The van der Waals surface area contributed by atoms with E-state index in [-0.39, 0.29) is 10.6 Å². The lowest BCUT2D eigenvalue weighted by Crippen LogP contribution is -2.05. The van der Waals surface area contributed by atoms with Crippen LogP contribution in [0.4, 0.5) is 5.69 Å². The summed E-state index contributed by atoms with van der Waals surface area (Å²) < 4.78 is 27.4. The third-order valence-electron chi connectivity index (χ3n) is 1.83. The molecule has 0 saturated heterocycles. The number of rotatable bonds is 3. The molecule has 0 fully saturated rings. The summed E-state index contributed by atoms with van der Waals surface area (Å²) in [6.45, 7) is 1.59. The molecule has 0 bridgehead atoms. The molecule has 0 unspecified atom stereocenters. The fourth-order valence-electron chi connectivity index (χ4n) is 1.18. The highest BCUT2D eigenvalue weighted by atomic mass is 32.2. The molecule has 80 valence electrons. The second-order valence-electron chi connectivity index (χ2n) is 2.75. The van der Waals surface area contributed by atoms with Crippen LogP contribution in [0.3, 0.4) is 0 Å². The lowest BCUT2D eigenvalue weighted by atomic mass is 10.2. The SMILES string of the molecule is COS(=O)(=O)c1c(C)cccc1N=C=O. The molecule has 0 radical (unpaired) electrons. The van der Waals surface area contributed by atoms with Crippen molar-refractivity contribution in [3.8, 4) is 0 Å². The number of hydrogen-bond acceptors (Lipinski definition) is 5. The van der Waals surface area contributed by atoms with Gasteiger partial charge in [-0.25, -0.2) is 4.79 Å². The van der Waals surface area contributed by atoms with Crippen molar-refractivity contribution in [3.05, 3.63) is 23.8 Å². The van der Waals surface area contributed by atoms with Crippen LogP contribution in [-0.2, 0) is 19.1 Å². The average Bonchev–Trinajstić information content (AvgIpc) is 2.18. The Bertz CT molecular complexity index is 515. The van der Waals surface area contributed by atoms with Crippen molar-refractivity contribution >= 4 is 21.9 Å². The summed E-state index contributed by atoms with van der Waals surface area (Å²) in [6, 6.07) is 4.60. The molecule has 0 saturated carbocycles. The van der Waals surface area contributed by atoms with Crippen LogP contribution in [0.2, 0.25) is 0 Å². The largest absolute Gasteiger partial charge is 0.299 e. The van der Waals surface area contributed by atoms with Crippen LogP contribution >= 0.6 is 0 Å². The number of hydrogen-bond donors (Lipinski definition) is 0. The van der Waals surface area contributed by atoms with Gasteiger partial charge in [0.2, 0.25) is 6.08 Å². The summed E-state index contributed by atoms with van der Waals surface area (Å²) in [5.74, 6) is 0. The second-order valence-corrected chi connectivity index (χ2v) is 4.40. The van der Waals surface area contributed by atoms with Crippen LogP contribution in [0.1, 0.15) is 5.56 Å². The lowest BCUT2D eigenvalue weighted by molar-refractivity contribution is 0.397. The molecule has 0 aromatic heterocycles. The molecule has 6 heteroatoms. The average molecular weight is 227 g/mol. The van der Waals surface area contributed by atoms with Crippen molar-refractivity contribution in [2.75, 3.05) is 7.11 Å². The zero-order valence-corrected chi connectivity index (χ0v) is 9.04. The Morgan fingerprint density at radius 3 is 2.60 bits per heavy atom. The Kier molecular flexibility index (Phi) is 3.36. The number of carbonyl (C=O) groups excluding carboxylic acids is 1. The molecule has 15 heavy (non-hydrogen) atoms. The molecule has 1 aromatic rings. The van der Waals surface area contributed by atoms with Gasteiger partial charge in [-0.3, -0.25) is 4.18 Å². The van der Waals surface area contributed by atoms with Crippen LogP contribution in [0.15, 0.2) is 28.1 Å². The van der Waals surface area contributed by atoms with Crippen LogP contribution in [0.25, 0.3) is 0 Å². The summed E-state index contributed by atoms with van der Waals surface area (Å²) in [5.41, 5.74) is 0.500. The number of benzene rings is 1. The van der Waals surface area contributed by atoms with Crippen molar-refractivity contribution in [1.29, 1.82) is 0 Å². The van der Waals surface area contributed by atoms with Gasteiger partial charge >= 0.3 is 0 Å². The molecule has 0 N–H and O–H groups in total. The van der Waals surface area contributed by atoms with Crippen LogP contribution in [-0.4, -0.2) is 21.6 Å². The predicted octanol–water partition coefficient (Wildman–Crippen LogP) is 1.30. The molecule has 1 rings (SSSR count). The minimum Gasteiger partial charge on any atom is -0.270 e. The van der Waals surface area contributed by atoms with Gasteiger partial charge in [-0.15, -0.1) is 0 Å². The third-order valence-corrected chi connectivity index (χ3v) is 3.30. The molecule has 1 aromatic carbocycles. The van der Waals surface area contributed by atoms with E-state index in [9.17, 15) is 13.2 Å². The molecule has 0 amide bonds. The third kappa shape index (κ3) is 2.30. The Hall–Kier alpha value is -1.49. The first-order valence-corrected chi connectivity index (χ1v) is 5.42. The van der Waals surface area contributed by atoms with E-state index in [1.165, 1.54) is 12.1 Å². The van der Waals surface area contributed by atoms with Crippen molar-refractivity contribution in [1.82, 2.24) is 0 Å². The first kappa shape index (κ1) is 11.6. The van der Waals surface area contributed by atoms with Crippen molar-refractivity contribution in [2.24, 2.45) is 4.99 Å². The van der Waals surface area contributed by atoms with E-state index >= 15 is 0 Å². The lowest BCUT2D eigenvalue weighted by Gasteiger charge is -2.06. The van der Waals surface area contributed by atoms with Gasteiger partial charge < -0.3 is 0 Å². The highest BCUT2D eigenvalue weighted by molar-refractivity contribution is 7.87. The minimum absolute atomic E-state index is 0.0341. The van der Waals surface area contributed by atoms with Gasteiger partial charge in [-0.2, -0.15) is 13.4 Å². The molecule has 0 spiro atoms. The number of nitrogens with zero attached hydrogens (tertiary/aromatic N) is 1. The molecule has 5 nitrogen and oxygen atoms in total. The summed E-state index contributed by atoms with van der Waals surface area (Å²) in [7, 11) is -2.80. The molecule has 0 heterocycles. The van der Waals surface area contributed by atoms with E-state index in [1.807, 2.05) is 0 Å². The van der Waals surface area contributed by atoms with Gasteiger partial charge in [0.05, 0.1) is 12.8 Å². The van der Waals surface area contributed by atoms with Crippen molar-refractivity contribution in [2.45, 2.75) is 11.8 Å². The first-order valence-electron chi connectivity index (χ1n) is 4.01. The standard InChI is InChI=1S/C9H9NO4S/c1-7-4-3-5-8(10-6-11)9(7)15(12,13)14-2/h3-5H,1-2H3. The summed E-state index contributed by atoms with van der Waals surface area (Å²) >= 11 is 0. The second kappa shape index (κ2) is 4.35. The normalized spacial score (nSPS) is 10.8. The van der Waals surface area contributed by atoms with Gasteiger partial charge in [0, 0.05) is 0 Å². The van der Waals surface area contributed by atoms with E-state index in [2.05, 4.69) is 9.18 Å². The first-order chi connectivity index (χ1) is 7.03. The van der Waals surface area contributed by atoms with E-state index in [0.29, 0.717) is 5.56 Å². The monoisotopic (exact) mass is 227 g/mol. The summed E-state index contributed by atoms with van der Waals surface area (Å²) in [6.07, 6.45) is 1.30. The Balaban J connectivity index is 3.58. The molecule has 0 aliphatic heterocycles. The maximum absolute atomic E-state index is 11.5. The highest BCUT2D eigenvalue weighted by Crippen LogP contribution is 2.28. The van der Waals surface area contributed by atoms with Gasteiger partial charge in [-0.1, -0.05) is 12.1 Å². The van der Waals surface area contributed by atoms with Crippen molar-refractivity contribution in [3.63, 3.8) is 0 Å². The Morgan fingerprint density at radius 1 is 1.40 bits per heavy atom. The maximum Gasteiger partial charge on any atom is 0.299 e. The van der Waals surface area contributed by atoms with Gasteiger partial charge in [-0.05, 0) is 18.6 Å². The Labute approximate surface area is 87.5 Å². The molecular formula is C9H9NO4S. The fraction of sp³-hybridized carbons (Fsp3) is 0.222. The van der Waals surface area contributed by atoms with E-state index in [0.717, 1.165) is 7.11 Å². The number of aryl methyl sites for hydroxylation is 1. The van der Waals surface area contributed by atoms with E-state index in [1.54, 1.807) is 19.1 Å². The molecule has 0 aliphatic rings. The maximum atomic E-state index is 11.5. The van der Waals surface area contributed by atoms with Crippen LogP contribution in [0, 0.1) is 6.92 Å². The quantitative estimate of drug-likeness (QED) is 0.443. The van der Waals surface area contributed by atoms with Crippen LogP contribution in [0.5, 0.6) is 0 Å². The van der Waals surface area contributed by atoms with Gasteiger partial charge in [0.15, 0.2) is 0 Å². The number of aliphatic imine (C=N–C) groups is 1. The summed E-state index contributed by atoms with van der Waals surface area (Å²) in [4.78, 5) is 13.3. The molecule has 0 aliphatic carbocycles. The van der Waals surface area contributed by atoms with E-state index in [4.69, 9.17) is 0 Å². The van der Waals surface area contributed by atoms with E-state index < -0.39 is 10.1 Å².